The maximum Gasteiger partial charge on any atom is 0.332 e. The molecule has 2 aliphatic heterocycles. The van der Waals surface area contributed by atoms with Crippen LogP contribution in [0.1, 0.15) is 44.3 Å². The molecule has 42 heavy (non-hydrogen) atoms. The second kappa shape index (κ2) is 10.3. The minimum Gasteiger partial charge on any atom is -0.356 e. The number of nitrogens with zero attached hydrogens (tertiary/aromatic N) is 2. The van der Waals surface area contributed by atoms with Gasteiger partial charge in [0.25, 0.3) is 11.8 Å². The van der Waals surface area contributed by atoms with Crippen molar-refractivity contribution in [3.05, 3.63) is 137 Å². The number of fused-ring (bicyclic) bond motifs is 4. The molecule has 7 heteroatoms. The number of hydrogen-bond acceptors (Lipinski definition) is 3. The summed E-state index contributed by atoms with van der Waals surface area (Å²) in [6.45, 7) is 2.46. The van der Waals surface area contributed by atoms with Gasteiger partial charge in [0.05, 0.1) is 11.3 Å². The first kappa shape index (κ1) is 25.8. The van der Waals surface area contributed by atoms with Crippen LogP contribution in [0, 0.1) is 6.92 Å². The van der Waals surface area contributed by atoms with Gasteiger partial charge in [-0.3, -0.25) is 14.5 Å². The molecule has 7 rings (SSSR count). The van der Waals surface area contributed by atoms with E-state index in [1.807, 2.05) is 79.7 Å². The fourth-order valence-corrected chi connectivity index (χ4v) is 6.31. The number of nitrogens with one attached hydrogen (secondary N) is 2. The molecule has 1 aromatic heterocycles. The van der Waals surface area contributed by atoms with Crippen molar-refractivity contribution in [2.24, 2.45) is 0 Å². The molecule has 2 N–H and O–H groups in total. The molecule has 0 spiro atoms. The van der Waals surface area contributed by atoms with Crippen molar-refractivity contribution >= 4 is 34.4 Å². The van der Waals surface area contributed by atoms with Crippen molar-refractivity contribution in [2.75, 3.05) is 11.4 Å². The van der Waals surface area contributed by atoms with E-state index in [9.17, 15) is 14.4 Å². The summed E-state index contributed by atoms with van der Waals surface area (Å²) in [4.78, 5) is 48.2. The van der Waals surface area contributed by atoms with Gasteiger partial charge in [-0.2, -0.15) is 0 Å². The van der Waals surface area contributed by atoms with Crippen LogP contribution in [0.5, 0.6) is 0 Å². The van der Waals surface area contributed by atoms with Gasteiger partial charge in [0, 0.05) is 29.6 Å². The fourth-order valence-electron chi connectivity index (χ4n) is 6.31. The number of anilines is 1. The number of imide groups is 1. The van der Waals surface area contributed by atoms with Crippen LogP contribution in [0.25, 0.3) is 10.9 Å². The Hall–Kier alpha value is -5.17. The highest BCUT2D eigenvalue weighted by Gasteiger charge is 2.53. The van der Waals surface area contributed by atoms with Crippen molar-refractivity contribution in [1.82, 2.24) is 15.2 Å². The molecule has 2 aliphatic rings. The van der Waals surface area contributed by atoms with Gasteiger partial charge >= 0.3 is 6.03 Å². The third-order valence-electron chi connectivity index (χ3n) is 8.37. The number of hydrogen-bond donors (Lipinski definition) is 2. The lowest BCUT2D eigenvalue weighted by molar-refractivity contribution is -0.120. The predicted octanol–water partition coefficient (Wildman–Crippen LogP) is 5.93. The molecule has 1 saturated heterocycles. The number of H-pyrrole nitrogens is 1. The Kier molecular flexibility index (Phi) is 6.35. The maximum atomic E-state index is 14.3. The quantitative estimate of drug-likeness (QED) is 0.255. The first-order valence-corrected chi connectivity index (χ1v) is 14.2. The van der Waals surface area contributed by atoms with Gasteiger partial charge in [0.15, 0.2) is 0 Å². The van der Waals surface area contributed by atoms with Gasteiger partial charge in [-0.05, 0) is 48.2 Å². The molecule has 4 aromatic carbocycles. The highest BCUT2D eigenvalue weighted by molar-refractivity contribution is 6.24. The van der Waals surface area contributed by atoms with Crippen molar-refractivity contribution < 1.29 is 14.4 Å². The standard InChI is InChI=1S/C35H30N4O3/c1-22-15-17-24(18-16-22)32-31-27(25-11-5-7-13-28(25)37-31)21-30-34(41)39(35(42)38(30)32)29-14-8-6-12-26(29)33(40)36-20-19-23-9-3-2-4-10-23/h2-18,30,32,37H,19-21H2,1H3,(H,36,40)/t30-,32+/m0/s1. The first-order chi connectivity index (χ1) is 20.5. The van der Waals surface area contributed by atoms with Crippen molar-refractivity contribution in [1.29, 1.82) is 0 Å². The molecule has 2 atom stereocenters. The van der Waals surface area contributed by atoms with E-state index in [1.165, 1.54) is 4.90 Å². The maximum absolute atomic E-state index is 14.3. The summed E-state index contributed by atoms with van der Waals surface area (Å²) in [7, 11) is 0. The normalized spacial score (nSPS) is 17.8. The Morgan fingerprint density at radius 3 is 2.40 bits per heavy atom. The van der Waals surface area contributed by atoms with E-state index in [4.69, 9.17) is 0 Å². The zero-order valence-corrected chi connectivity index (χ0v) is 23.2. The van der Waals surface area contributed by atoms with E-state index in [2.05, 4.69) is 16.4 Å². The van der Waals surface area contributed by atoms with Crippen molar-refractivity contribution in [3.8, 4) is 0 Å². The average Bonchev–Trinajstić information content (AvgIpc) is 3.51. The number of aromatic amines is 1. The third-order valence-corrected chi connectivity index (χ3v) is 8.37. The molecule has 0 radical (unpaired) electrons. The molecule has 208 valence electrons. The lowest BCUT2D eigenvalue weighted by Crippen LogP contribution is -2.44. The molecule has 0 saturated carbocycles. The minimum absolute atomic E-state index is 0.294. The van der Waals surface area contributed by atoms with E-state index in [1.54, 1.807) is 29.2 Å². The Morgan fingerprint density at radius 1 is 0.881 bits per heavy atom. The summed E-state index contributed by atoms with van der Waals surface area (Å²) in [5.41, 5.74) is 6.70. The molecule has 0 unspecified atom stereocenters. The third kappa shape index (κ3) is 4.25. The number of carbonyl (C=O) groups excluding carboxylic acids is 3. The SMILES string of the molecule is Cc1ccc([C@@H]2c3[nH]c4ccccc4c3C[C@H]3C(=O)N(c4ccccc4C(=O)NCCc4ccccc4)C(=O)N23)cc1. The van der Waals surface area contributed by atoms with Gasteiger partial charge in [-0.15, -0.1) is 0 Å². The molecular weight excluding hydrogens is 524 g/mol. The van der Waals surface area contributed by atoms with E-state index in [0.29, 0.717) is 30.6 Å². The predicted molar refractivity (Wildman–Crippen MR) is 162 cm³/mol. The average molecular weight is 555 g/mol. The van der Waals surface area contributed by atoms with Gasteiger partial charge in [-0.25, -0.2) is 9.69 Å². The molecular formula is C35H30N4O3. The molecule has 7 nitrogen and oxygen atoms in total. The molecule has 1 fully saturated rings. The highest BCUT2D eigenvalue weighted by atomic mass is 16.2. The van der Waals surface area contributed by atoms with Crippen LogP contribution in [0.15, 0.2) is 103 Å². The smallest absolute Gasteiger partial charge is 0.332 e. The van der Waals surface area contributed by atoms with Crippen LogP contribution >= 0.6 is 0 Å². The minimum atomic E-state index is -0.690. The lowest BCUT2D eigenvalue weighted by atomic mass is 9.88. The number of benzene rings is 4. The summed E-state index contributed by atoms with van der Waals surface area (Å²) in [6.07, 6.45) is 1.07. The number of aromatic nitrogens is 1. The summed E-state index contributed by atoms with van der Waals surface area (Å²) >= 11 is 0. The van der Waals surface area contributed by atoms with E-state index >= 15 is 0 Å². The fraction of sp³-hybridized carbons (Fsp3) is 0.171. The summed E-state index contributed by atoms with van der Waals surface area (Å²) in [6, 6.07) is 31.3. The van der Waals surface area contributed by atoms with E-state index in [0.717, 1.165) is 38.9 Å². The van der Waals surface area contributed by atoms with Gasteiger partial charge in [0.2, 0.25) is 0 Å². The molecule has 0 bridgehead atoms. The first-order valence-electron chi connectivity index (χ1n) is 14.2. The highest BCUT2D eigenvalue weighted by Crippen LogP contribution is 2.45. The number of amides is 4. The zero-order valence-electron chi connectivity index (χ0n) is 23.2. The number of para-hydroxylation sites is 2. The Labute approximate surface area is 243 Å². The molecule has 3 heterocycles. The van der Waals surface area contributed by atoms with Gasteiger partial charge in [-0.1, -0.05) is 90.5 Å². The van der Waals surface area contributed by atoms with Crippen molar-refractivity contribution in [2.45, 2.75) is 31.8 Å². The van der Waals surface area contributed by atoms with Crippen LogP contribution in [-0.4, -0.2) is 40.3 Å². The van der Waals surface area contributed by atoms with E-state index in [-0.39, 0.29) is 11.8 Å². The van der Waals surface area contributed by atoms with Crippen molar-refractivity contribution in [3.63, 3.8) is 0 Å². The Balaban J connectivity index is 1.25. The largest absolute Gasteiger partial charge is 0.356 e. The monoisotopic (exact) mass is 554 g/mol. The lowest BCUT2D eigenvalue weighted by Gasteiger charge is -2.36. The summed E-state index contributed by atoms with van der Waals surface area (Å²) in [5.74, 6) is -0.643. The Bertz CT molecular complexity index is 1830. The van der Waals surface area contributed by atoms with Crippen LogP contribution < -0.4 is 10.2 Å². The van der Waals surface area contributed by atoms with E-state index < -0.39 is 18.1 Å². The summed E-state index contributed by atoms with van der Waals surface area (Å²) in [5, 5.41) is 4.02. The van der Waals surface area contributed by atoms with Gasteiger partial charge in [0.1, 0.15) is 12.1 Å². The number of carbonyl (C=O) groups is 3. The zero-order chi connectivity index (χ0) is 28.8. The second-order valence-electron chi connectivity index (χ2n) is 11.0. The topological polar surface area (TPSA) is 85.5 Å². The number of rotatable bonds is 6. The van der Waals surface area contributed by atoms with Crippen LogP contribution in [0.3, 0.4) is 0 Å². The molecule has 4 amide bonds. The number of urea groups is 1. The van der Waals surface area contributed by atoms with Crippen LogP contribution in [0.4, 0.5) is 10.5 Å². The van der Waals surface area contributed by atoms with Crippen LogP contribution in [-0.2, 0) is 17.6 Å². The summed E-state index contributed by atoms with van der Waals surface area (Å²) < 4.78 is 0. The number of aryl methyl sites for hydroxylation is 1. The van der Waals surface area contributed by atoms with Crippen LogP contribution in [0.2, 0.25) is 0 Å². The molecule has 5 aromatic rings. The molecule has 0 aliphatic carbocycles. The Morgan fingerprint density at radius 2 is 1.60 bits per heavy atom. The van der Waals surface area contributed by atoms with Gasteiger partial charge < -0.3 is 10.3 Å². The second-order valence-corrected chi connectivity index (χ2v) is 11.0.